The van der Waals surface area contributed by atoms with Gasteiger partial charge in [0.15, 0.2) is 0 Å². The van der Waals surface area contributed by atoms with Gasteiger partial charge in [-0.15, -0.1) is 0 Å². The highest BCUT2D eigenvalue weighted by Crippen LogP contribution is 2.01. The predicted molar refractivity (Wildman–Crippen MR) is 64.3 cm³/mol. The third-order valence-electron chi connectivity index (χ3n) is 2.24. The summed E-state index contributed by atoms with van der Waals surface area (Å²) in [5.74, 6) is 0. The van der Waals surface area contributed by atoms with E-state index >= 15 is 0 Å². The highest BCUT2D eigenvalue weighted by atomic mass is 16.5. The van der Waals surface area contributed by atoms with Crippen molar-refractivity contribution in [3.05, 3.63) is 0 Å². The average Bonchev–Trinajstić information content (AvgIpc) is 2.19. The van der Waals surface area contributed by atoms with Gasteiger partial charge < -0.3 is 14.8 Å². The minimum atomic E-state index is 0.371. The SMILES string of the molecule is COCCCOC(C)CCCNC(C)C. The first-order valence-electron chi connectivity index (χ1n) is 6.00. The van der Waals surface area contributed by atoms with Gasteiger partial charge in [-0.25, -0.2) is 0 Å². The van der Waals surface area contributed by atoms with E-state index in [1.54, 1.807) is 7.11 Å². The van der Waals surface area contributed by atoms with Gasteiger partial charge in [0.25, 0.3) is 0 Å². The second kappa shape index (κ2) is 10.4. The van der Waals surface area contributed by atoms with Gasteiger partial charge in [0.1, 0.15) is 0 Å². The number of nitrogens with one attached hydrogen (secondary N) is 1. The summed E-state index contributed by atoms with van der Waals surface area (Å²) in [6.45, 7) is 9.18. The highest BCUT2D eigenvalue weighted by molar-refractivity contribution is 4.56. The summed E-state index contributed by atoms with van der Waals surface area (Å²) in [5.41, 5.74) is 0. The summed E-state index contributed by atoms with van der Waals surface area (Å²) in [6.07, 6.45) is 3.68. The molecule has 0 saturated heterocycles. The van der Waals surface area contributed by atoms with Gasteiger partial charge in [-0.3, -0.25) is 0 Å². The molecule has 0 rings (SSSR count). The smallest absolute Gasteiger partial charge is 0.0547 e. The maximum absolute atomic E-state index is 5.64. The monoisotopic (exact) mass is 217 g/mol. The Balaban J connectivity index is 3.15. The summed E-state index contributed by atoms with van der Waals surface area (Å²) < 4.78 is 10.6. The van der Waals surface area contributed by atoms with Crippen molar-refractivity contribution in [2.24, 2.45) is 0 Å². The molecule has 0 aromatic rings. The van der Waals surface area contributed by atoms with Crippen LogP contribution in [0.3, 0.4) is 0 Å². The van der Waals surface area contributed by atoms with Crippen LogP contribution in [0.4, 0.5) is 0 Å². The normalized spacial score (nSPS) is 13.4. The second-order valence-electron chi connectivity index (χ2n) is 4.28. The number of methoxy groups -OCH3 is 1. The molecule has 92 valence electrons. The van der Waals surface area contributed by atoms with Crippen molar-refractivity contribution in [3.63, 3.8) is 0 Å². The Morgan fingerprint density at radius 1 is 1.07 bits per heavy atom. The Kier molecular flexibility index (Phi) is 10.3. The number of ether oxygens (including phenoxy) is 2. The molecule has 1 atom stereocenters. The average molecular weight is 217 g/mol. The maximum Gasteiger partial charge on any atom is 0.0547 e. The Bertz CT molecular complexity index is 129. The molecule has 0 amide bonds. The van der Waals surface area contributed by atoms with Gasteiger partial charge >= 0.3 is 0 Å². The molecule has 0 aromatic heterocycles. The Morgan fingerprint density at radius 2 is 1.80 bits per heavy atom. The Morgan fingerprint density at radius 3 is 2.40 bits per heavy atom. The van der Waals surface area contributed by atoms with Crippen molar-refractivity contribution in [2.75, 3.05) is 26.9 Å². The molecule has 0 saturated carbocycles. The van der Waals surface area contributed by atoms with E-state index in [9.17, 15) is 0 Å². The molecule has 0 aliphatic heterocycles. The first-order chi connectivity index (χ1) is 7.16. The fourth-order valence-corrected chi connectivity index (χ4v) is 1.35. The van der Waals surface area contributed by atoms with E-state index in [1.807, 2.05) is 0 Å². The van der Waals surface area contributed by atoms with E-state index in [1.165, 1.54) is 6.42 Å². The molecule has 1 N–H and O–H groups in total. The third-order valence-corrected chi connectivity index (χ3v) is 2.24. The molecule has 0 radical (unpaired) electrons. The zero-order valence-electron chi connectivity index (χ0n) is 10.7. The summed E-state index contributed by atoms with van der Waals surface area (Å²) in [4.78, 5) is 0. The van der Waals surface area contributed by atoms with E-state index in [4.69, 9.17) is 9.47 Å². The standard InChI is InChI=1S/C12H27NO2/c1-11(2)13-8-5-7-12(3)15-10-6-9-14-4/h11-13H,5-10H2,1-4H3. The van der Waals surface area contributed by atoms with Crippen LogP contribution in [0.2, 0.25) is 0 Å². The Hall–Kier alpha value is -0.120. The number of rotatable bonds is 10. The van der Waals surface area contributed by atoms with Crippen molar-refractivity contribution < 1.29 is 9.47 Å². The molecule has 1 unspecified atom stereocenters. The molecular formula is C12H27NO2. The first-order valence-corrected chi connectivity index (χ1v) is 6.00. The minimum absolute atomic E-state index is 0.371. The van der Waals surface area contributed by atoms with E-state index < -0.39 is 0 Å². The van der Waals surface area contributed by atoms with Crippen LogP contribution in [-0.4, -0.2) is 39.0 Å². The Labute approximate surface area is 94.5 Å². The molecule has 0 aliphatic rings. The van der Waals surface area contributed by atoms with Crippen LogP contribution < -0.4 is 5.32 Å². The minimum Gasteiger partial charge on any atom is -0.385 e. The van der Waals surface area contributed by atoms with Crippen molar-refractivity contribution in [1.29, 1.82) is 0 Å². The third kappa shape index (κ3) is 11.8. The van der Waals surface area contributed by atoms with Gasteiger partial charge in [0.05, 0.1) is 6.10 Å². The zero-order chi connectivity index (χ0) is 11.5. The van der Waals surface area contributed by atoms with Crippen LogP contribution in [-0.2, 0) is 9.47 Å². The topological polar surface area (TPSA) is 30.5 Å². The lowest BCUT2D eigenvalue weighted by Crippen LogP contribution is -2.24. The molecular weight excluding hydrogens is 190 g/mol. The fraction of sp³-hybridized carbons (Fsp3) is 1.00. The van der Waals surface area contributed by atoms with E-state index in [2.05, 4.69) is 26.1 Å². The van der Waals surface area contributed by atoms with Crippen LogP contribution in [0.5, 0.6) is 0 Å². The van der Waals surface area contributed by atoms with Crippen LogP contribution in [0.1, 0.15) is 40.0 Å². The summed E-state index contributed by atoms with van der Waals surface area (Å²) in [7, 11) is 1.72. The molecule has 0 heterocycles. The second-order valence-corrected chi connectivity index (χ2v) is 4.28. The molecule has 3 heteroatoms. The largest absolute Gasteiger partial charge is 0.385 e. The van der Waals surface area contributed by atoms with Gasteiger partial charge in [-0.05, 0) is 32.7 Å². The lowest BCUT2D eigenvalue weighted by molar-refractivity contribution is 0.0445. The summed E-state index contributed by atoms with van der Waals surface area (Å²) in [6, 6.07) is 0.586. The van der Waals surface area contributed by atoms with Crippen molar-refractivity contribution in [1.82, 2.24) is 5.32 Å². The fourth-order valence-electron chi connectivity index (χ4n) is 1.35. The molecule has 0 fully saturated rings. The van der Waals surface area contributed by atoms with Crippen molar-refractivity contribution >= 4 is 0 Å². The van der Waals surface area contributed by atoms with E-state index in [0.29, 0.717) is 12.1 Å². The van der Waals surface area contributed by atoms with Crippen molar-refractivity contribution in [3.8, 4) is 0 Å². The predicted octanol–water partition coefficient (Wildman–Crippen LogP) is 2.21. The molecule has 0 aliphatic carbocycles. The first kappa shape index (κ1) is 14.9. The van der Waals surface area contributed by atoms with Crippen LogP contribution >= 0.6 is 0 Å². The van der Waals surface area contributed by atoms with E-state index in [-0.39, 0.29) is 0 Å². The molecule has 3 nitrogen and oxygen atoms in total. The zero-order valence-corrected chi connectivity index (χ0v) is 10.7. The van der Waals surface area contributed by atoms with Crippen LogP contribution in [0, 0.1) is 0 Å². The molecule has 15 heavy (non-hydrogen) atoms. The maximum atomic E-state index is 5.64. The quantitative estimate of drug-likeness (QED) is 0.569. The van der Waals surface area contributed by atoms with Gasteiger partial charge in [-0.1, -0.05) is 13.8 Å². The molecule has 0 spiro atoms. The van der Waals surface area contributed by atoms with Crippen LogP contribution in [0.15, 0.2) is 0 Å². The van der Waals surface area contributed by atoms with Crippen LogP contribution in [0.25, 0.3) is 0 Å². The van der Waals surface area contributed by atoms with E-state index in [0.717, 1.165) is 32.6 Å². The number of hydrogen-bond acceptors (Lipinski definition) is 3. The van der Waals surface area contributed by atoms with Gasteiger partial charge in [0.2, 0.25) is 0 Å². The van der Waals surface area contributed by atoms with Gasteiger partial charge in [0, 0.05) is 26.4 Å². The lowest BCUT2D eigenvalue weighted by atomic mass is 10.2. The number of hydrogen-bond donors (Lipinski definition) is 1. The molecule has 0 bridgehead atoms. The van der Waals surface area contributed by atoms with Crippen molar-refractivity contribution in [2.45, 2.75) is 52.2 Å². The summed E-state index contributed by atoms with van der Waals surface area (Å²) >= 11 is 0. The lowest BCUT2D eigenvalue weighted by Gasteiger charge is -2.13. The molecule has 0 aromatic carbocycles. The summed E-state index contributed by atoms with van der Waals surface area (Å²) in [5, 5.41) is 3.40. The highest BCUT2D eigenvalue weighted by Gasteiger charge is 2.01. The van der Waals surface area contributed by atoms with Gasteiger partial charge in [-0.2, -0.15) is 0 Å².